The lowest BCUT2D eigenvalue weighted by Crippen LogP contribution is -2.36. The van der Waals surface area contributed by atoms with Gasteiger partial charge in [-0.05, 0) is 43.4 Å². The minimum Gasteiger partial charge on any atom is -0.496 e. The summed E-state index contributed by atoms with van der Waals surface area (Å²) < 4.78 is 6.35. The number of hydrogen-bond donors (Lipinski definition) is 1. The van der Waals surface area contributed by atoms with Crippen LogP contribution in [0.4, 0.5) is 0 Å². The number of carbonyl (C=O) groups excluding carboxylic acids is 1. The fraction of sp³-hybridized carbons (Fsp3) is 0.333. The van der Waals surface area contributed by atoms with Crippen LogP contribution in [0.2, 0.25) is 0 Å². The van der Waals surface area contributed by atoms with Gasteiger partial charge in [0.1, 0.15) is 5.76 Å². The van der Waals surface area contributed by atoms with Gasteiger partial charge in [0.25, 0.3) is 5.91 Å². The molecule has 1 N–H and O–H groups in total. The molecule has 3 rings (SSSR count). The molecular weight excluding hydrogens is 394 g/mol. The first-order valence-corrected chi connectivity index (χ1v) is 10.3. The number of carboxylic acids is 1. The first-order chi connectivity index (χ1) is 12.4. The van der Waals surface area contributed by atoms with Gasteiger partial charge in [-0.1, -0.05) is 11.6 Å². The Bertz CT molecular complexity index is 868. The number of rotatable bonds is 5. The van der Waals surface area contributed by atoms with Crippen LogP contribution in [0.3, 0.4) is 0 Å². The zero-order valence-electron chi connectivity index (χ0n) is 14.5. The summed E-state index contributed by atoms with van der Waals surface area (Å²) in [5.74, 6) is -0.572. The summed E-state index contributed by atoms with van der Waals surface area (Å²) in [6.07, 6.45) is 4.15. The van der Waals surface area contributed by atoms with E-state index in [0.717, 1.165) is 4.21 Å². The van der Waals surface area contributed by atoms with Crippen molar-refractivity contribution in [2.24, 2.45) is 0 Å². The summed E-state index contributed by atoms with van der Waals surface area (Å²) in [4.78, 5) is 26.8. The summed E-state index contributed by atoms with van der Waals surface area (Å²) in [5, 5.41) is 9.70. The van der Waals surface area contributed by atoms with Crippen LogP contribution in [0.25, 0.3) is 0 Å². The van der Waals surface area contributed by atoms with E-state index in [-0.39, 0.29) is 18.4 Å². The second-order valence-corrected chi connectivity index (χ2v) is 8.45. The number of methoxy groups -OCH3 is 1. The average Bonchev–Trinajstić information content (AvgIpc) is 3.18. The maximum absolute atomic E-state index is 13.2. The Balaban J connectivity index is 2.07. The van der Waals surface area contributed by atoms with Crippen molar-refractivity contribution in [2.45, 2.75) is 30.0 Å². The molecule has 0 saturated carbocycles. The van der Waals surface area contributed by atoms with E-state index < -0.39 is 5.97 Å². The van der Waals surface area contributed by atoms with Crippen molar-refractivity contribution >= 4 is 46.6 Å². The van der Waals surface area contributed by atoms with Crippen molar-refractivity contribution in [1.29, 1.82) is 0 Å². The molecule has 2 heterocycles. The third kappa shape index (κ3) is 3.19. The molecule has 1 aromatic rings. The van der Waals surface area contributed by atoms with Gasteiger partial charge in [0.15, 0.2) is 0 Å². The number of carbonyl (C=O) groups is 2. The van der Waals surface area contributed by atoms with Crippen LogP contribution >= 0.6 is 34.7 Å². The third-order valence-corrected chi connectivity index (χ3v) is 7.05. The van der Waals surface area contributed by atoms with Crippen LogP contribution in [0.5, 0.6) is 0 Å². The lowest BCUT2D eigenvalue weighted by molar-refractivity contribution is -0.136. The van der Waals surface area contributed by atoms with Gasteiger partial charge in [0, 0.05) is 11.3 Å². The molecule has 1 amide bonds. The number of hydrogen-bond acceptors (Lipinski definition) is 5. The van der Waals surface area contributed by atoms with Gasteiger partial charge in [0.2, 0.25) is 0 Å². The van der Waals surface area contributed by atoms with Crippen molar-refractivity contribution < 1.29 is 19.4 Å². The quantitative estimate of drug-likeness (QED) is 0.724. The van der Waals surface area contributed by atoms with Gasteiger partial charge in [-0.2, -0.15) is 0 Å². The molecule has 1 unspecified atom stereocenters. The topological polar surface area (TPSA) is 66.8 Å². The smallest absolute Gasteiger partial charge is 0.307 e. The minimum atomic E-state index is -0.960. The number of aliphatic carboxylic acids is 1. The van der Waals surface area contributed by atoms with E-state index in [1.807, 2.05) is 24.5 Å². The van der Waals surface area contributed by atoms with Crippen molar-refractivity contribution in [1.82, 2.24) is 4.90 Å². The van der Waals surface area contributed by atoms with E-state index in [0.29, 0.717) is 38.9 Å². The van der Waals surface area contributed by atoms with Crippen LogP contribution in [0, 0.1) is 0 Å². The predicted octanol–water partition coefficient (Wildman–Crippen LogP) is 4.47. The molecule has 26 heavy (non-hydrogen) atoms. The molecule has 1 aromatic heterocycles. The second-order valence-electron chi connectivity index (χ2n) is 5.88. The Kier molecular flexibility index (Phi) is 5.50. The number of ether oxygens (including phenoxy) is 1. The molecule has 0 aromatic carbocycles. The van der Waals surface area contributed by atoms with Crippen LogP contribution in [-0.2, 0) is 9.53 Å². The lowest BCUT2D eigenvalue weighted by Gasteiger charge is -2.29. The monoisotopic (exact) mass is 411 g/mol. The molecule has 0 bridgehead atoms. The van der Waals surface area contributed by atoms with Crippen LogP contribution < -0.4 is 0 Å². The fourth-order valence-corrected chi connectivity index (χ4v) is 5.23. The van der Waals surface area contributed by atoms with Gasteiger partial charge in [0.05, 0.1) is 33.7 Å². The number of halogens is 1. The zero-order valence-corrected chi connectivity index (χ0v) is 16.9. The Hall–Kier alpha value is -1.70. The predicted molar refractivity (Wildman–Crippen MR) is 104 cm³/mol. The molecule has 5 nitrogen and oxygen atoms in total. The molecule has 0 spiro atoms. The van der Waals surface area contributed by atoms with E-state index in [2.05, 4.69) is 0 Å². The van der Waals surface area contributed by atoms with E-state index in [1.54, 1.807) is 23.6 Å². The maximum Gasteiger partial charge on any atom is 0.307 e. The molecule has 2 aliphatic rings. The number of allylic oxidation sites excluding steroid dienone is 2. The van der Waals surface area contributed by atoms with Gasteiger partial charge >= 0.3 is 5.97 Å². The Morgan fingerprint density at radius 3 is 2.77 bits per heavy atom. The van der Waals surface area contributed by atoms with Crippen molar-refractivity contribution in [3.05, 3.63) is 50.7 Å². The Labute approximate surface area is 165 Å². The highest BCUT2D eigenvalue weighted by molar-refractivity contribution is 8.00. The minimum absolute atomic E-state index is 0.130. The van der Waals surface area contributed by atoms with Crippen LogP contribution in [-0.4, -0.2) is 41.3 Å². The average molecular weight is 412 g/mol. The van der Waals surface area contributed by atoms with Crippen molar-refractivity contribution in [3.63, 3.8) is 0 Å². The summed E-state index contributed by atoms with van der Waals surface area (Å²) in [7, 11) is 1.52. The summed E-state index contributed by atoms with van der Waals surface area (Å²) in [6.45, 7) is 1.78. The molecule has 1 aliphatic carbocycles. The number of amides is 1. The SMILES string of the molecule is COC1=CCC2C(=C1Cl)C(CC(=O)O)=C(C)N2C(=O)c1ccc(SC)s1. The third-order valence-electron chi connectivity index (χ3n) is 4.51. The molecule has 0 fully saturated rings. The molecule has 1 aliphatic heterocycles. The van der Waals surface area contributed by atoms with E-state index in [1.165, 1.54) is 18.4 Å². The lowest BCUT2D eigenvalue weighted by atomic mass is 9.92. The van der Waals surface area contributed by atoms with Gasteiger partial charge < -0.3 is 14.7 Å². The molecule has 0 saturated heterocycles. The fourth-order valence-electron chi connectivity index (χ4n) is 3.35. The highest BCUT2D eigenvalue weighted by Crippen LogP contribution is 2.45. The number of carboxylic acid groups (broad SMARTS) is 1. The Morgan fingerprint density at radius 1 is 1.46 bits per heavy atom. The summed E-state index contributed by atoms with van der Waals surface area (Å²) in [5.41, 5.74) is 1.91. The zero-order chi connectivity index (χ0) is 19.0. The number of nitrogens with zero attached hydrogens (tertiary/aromatic N) is 1. The largest absolute Gasteiger partial charge is 0.496 e. The number of thiophene rings is 1. The van der Waals surface area contributed by atoms with Crippen molar-refractivity contribution in [2.75, 3.05) is 13.4 Å². The van der Waals surface area contributed by atoms with Crippen LogP contribution in [0.15, 0.2) is 50.1 Å². The van der Waals surface area contributed by atoms with Crippen molar-refractivity contribution in [3.8, 4) is 0 Å². The second kappa shape index (κ2) is 7.50. The molecule has 138 valence electrons. The first kappa shape index (κ1) is 19.1. The van der Waals surface area contributed by atoms with E-state index in [9.17, 15) is 14.7 Å². The summed E-state index contributed by atoms with van der Waals surface area (Å²) in [6, 6.07) is 3.43. The number of thioether (sulfide) groups is 1. The maximum atomic E-state index is 13.2. The van der Waals surface area contributed by atoms with Gasteiger partial charge in [-0.3, -0.25) is 9.59 Å². The standard InChI is InChI=1S/C18H18ClNO4S2/c1-9-10(8-14(21)22)16-11(4-5-12(24-2)17(16)19)20(9)18(23)13-6-7-15(25-3)26-13/h5-7,11H,4,8H2,1-3H3,(H,21,22). The molecular formula is C18H18ClNO4S2. The first-order valence-electron chi connectivity index (χ1n) is 7.92. The highest BCUT2D eigenvalue weighted by Gasteiger charge is 2.42. The van der Waals surface area contributed by atoms with Gasteiger partial charge in [-0.25, -0.2) is 0 Å². The molecule has 0 radical (unpaired) electrons. The van der Waals surface area contributed by atoms with E-state index >= 15 is 0 Å². The normalized spacial score (nSPS) is 19.6. The highest BCUT2D eigenvalue weighted by atomic mass is 35.5. The summed E-state index contributed by atoms with van der Waals surface area (Å²) >= 11 is 9.51. The van der Waals surface area contributed by atoms with Crippen LogP contribution in [0.1, 0.15) is 29.4 Å². The molecule has 8 heteroatoms. The van der Waals surface area contributed by atoms with Gasteiger partial charge in [-0.15, -0.1) is 23.1 Å². The molecule has 1 atom stereocenters. The van der Waals surface area contributed by atoms with E-state index in [4.69, 9.17) is 16.3 Å². The Morgan fingerprint density at radius 2 is 2.19 bits per heavy atom. The number of fused-ring (bicyclic) bond motifs is 1.